The molecule has 3 rings (SSSR count). The fraction of sp³-hybridized carbons (Fsp3) is 0.0952. The average molecular weight is 395 g/mol. The van der Waals surface area contributed by atoms with Crippen molar-refractivity contribution in [2.45, 2.75) is 6.42 Å². The number of halogens is 1. The molecule has 0 fully saturated rings. The second-order valence-electron chi connectivity index (χ2n) is 5.92. The third-order valence-corrected chi connectivity index (χ3v) is 4.85. The summed E-state index contributed by atoms with van der Waals surface area (Å²) in [4.78, 5) is 28.6. The Labute approximate surface area is 165 Å². The zero-order valence-electron chi connectivity index (χ0n) is 15.1. The van der Waals surface area contributed by atoms with Crippen LogP contribution >= 0.6 is 11.3 Å². The Kier molecular flexibility index (Phi) is 6.29. The van der Waals surface area contributed by atoms with E-state index >= 15 is 0 Å². The standard InChI is InChI=1S/C21H18FN3O2S/c1-23-20(27)15-9-6-14(7-10-15)8-11-19(26)25-21-24-13-17(28-21)12-16-4-2-3-5-18(16)22/h2-11,13H,12H2,1H3,(H,23,27)(H,24,25,26)/b11-8+. The van der Waals surface area contributed by atoms with Gasteiger partial charge in [0.2, 0.25) is 5.91 Å². The molecule has 0 atom stereocenters. The summed E-state index contributed by atoms with van der Waals surface area (Å²) in [7, 11) is 1.57. The second kappa shape index (κ2) is 9.05. The van der Waals surface area contributed by atoms with Gasteiger partial charge in [-0.05, 0) is 35.4 Å². The van der Waals surface area contributed by atoms with Crippen molar-refractivity contribution in [3.63, 3.8) is 0 Å². The minimum absolute atomic E-state index is 0.164. The normalized spacial score (nSPS) is 10.8. The van der Waals surface area contributed by atoms with Gasteiger partial charge in [0.15, 0.2) is 5.13 Å². The molecule has 28 heavy (non-hydrogen) atoms. The topological polar surface area (TPSA) is 71.1 Å². The number of rotatable bonds is 6. The lowest BCUT2D eigenvalue weighted by Crippen LogP contribution is -2.17. The van der Waals surface area contributed by atoms with Crippen LogP contribution in [0, 0.1) is 5.82 Å². The number of hydrogen-bond acceptors (Lipinski definition) is 4. The maximum absolute atomic E-state index is 13.7. The fourth-order valence-electron chi connectivity index (χ4n) is 2.49. The number of thiazole rings is 1. The molecule has 1 aromatic heterocycles. The van der Waals surface area contributed by atoms with Crippen molar-refractivity contribution in [1.29, 1.82) is 0 Å². The molecule has 0 bridgehead atoms. The summed E-state index contributed by atoms with van der Waals surface area (Å²) in [5.74, 6) is -0.739. The lowest BCUT2D eigenvalue weighted by atomic mass is 10.1. The van der Waals surface area contributed by atoms with E-state index in [1.807, 2.05) is 0 Å². The Balaban J connectivity index is 1.58. The number of carbonyl (C=O) groups excluding carboxylic acids is 2. The molecule has 0 unspecified atom stereocenters. The van der Waals surface area contributed by atoms with Crippen molar-refractivity contribution < 1.29 is 14.0 Å². The smallest absolute Gasteiger partial charge is 0.251 e. The van der Waals surface area contributed by atoms with Crippen molar-refractivity contribution in [3.05, 3.63) is 88.2 Å². The Bertz CT molecular complexity index is 1010. The van der Waals surface area contributed by atoms with E-state index in [2.05, 4.69) is 15.6 Å². The highest BCUT2D eigenvalue weighted by Gasteiger charge is 2.08. The first-order chi connectivity index (χ1) is 13.5. The molecule has 142 valence electrons. The fourth-order valence-corrected chi connectivity index (χ4v) is 3.32. The van der Waals surface area contributed by atoms with Crippen molar-refractivity contribution in [3.8, 4) is 0 Å². The van der Waals surface area contributed by atoms with Gasteiger partial charge in [0.1, 0.15) is 5.82 Å². The van der Waals surface area contributed by atoms with Gasteiger partial charge < -0.3 is 5.32 Å². The third-order valence-electron chi connectivity index (χ3n) is 3.93. The Morgan fingerprint density at radius 2 is 1.89 bits per heavy atom. The quantitative estimate of drug-likeness (QED) is 0.622. The molecular formula is C21H18FN3O2S. The number of aromatic nitrogens is 1. The monoisotopic (exact) mass is 395 g/mol. The van der Waals surface area contributed by atoms with E-state index < -0.39 is 0 Å². The minimum Gasteiger partial charge on any atom is -0.355 e. The van der Waals surface area contributed by atoms with Gasteiger partial charge in [-0.3, -0.25) is 14.9 Å². The van der Waals surface area contributed by atoms with Crippen LogP contribution in [0.2, 0.25) is 0 Å². The molecular weight excluding hydrogens is 377 g/mol. The molecule has 5 nitrogen and oxygen atoms in total. The average Bonchev–Trinajstić information content (AvgIpc) is 3.14. The molecule has 3 aromatic rings. The summed E-state index contributed by atoms with van der Waals surface area (Å²) in [6, 6.07) is 13.5. The maximum atomic E-state index is 13.7. The van der Waals surface area contributed by atoms with E-state index in [1.165, 1.54) is 23.5 Å². The number of anilines is 1. The van der Waals surface area contributed by atoms with Crippen LogP contribution in [0.1, 0.15) is 26.4 Å². The van der Waals surface area contributed by atoms with Gasteiger partial charge in [0, 0.05) is 36.2 Å². The number of nitrogens with zero attached hydrogens (tertiary/aromatic N) is 1. The first kappa shape index (κ1) is 19.4. The Morgan fingerprint density at radius 1 is 1.14 bits per heavy atom. The van der Waals surface area contributed by atoms with E-state index in [4.69, 9.17) is 0 Å². The Hall–Kier alpha value is -3.32. The molecule has 2 N–H and O–H groups in total. The van der Waals surface area contributed by atoms with Gasteiger partial charge in [0.05, 0.1) is 0 Å². The zero-order chi connectivity index (χ0) is 19.9. The first-order valence-corrected chi connectivity index (χ1v) is 9.36. The predicted octanol–water partition coefficient (Wildman–Crippen LogP) is 3.88. The van der Waals surface area contributed by atoms with Gasteiger partial charge in [-0.2, -0.15) is 0 Å². The summed E-state index contributed by atoms with van der Waals surface area (Å²) in [5.41, 5.74) is 1.93. The van der Waals surface area contributed by atoms with Gasteiger partial charge in [0.25, 0.3) is 5.91 Å². The van der Waals surface area contributed by atoms with Crippen molar-refractivity contribution in [1.82, 2.24) is 10.3 Å². The molecule has 0 radical (unpaired) electrons. The van der Waals surface area contributed by atoms with Crippen LogP contribution in [0.15, 0.2) is 60.8 Å². The van der Waals surface area contributed by atoms with E-state index in [0.717, 1.165) is 10.4 Å². The minimum atomic E-state index is -0.317. The highest BCUT2D eigenvalue weighted by molar-refractivity contribution is 7.15. The largest absolute Gasteiger partial charge is 0.355 e. The van der Waals surface area contributed by atoms with Gasteiger partial charge in [-0.1, -0.05) is 30.3 Å². The summed E-state index contributed by atoms with van der Waals surface area (Å²) in [6.07, 6.45) is 5.10. The summed E-state index contributed by atoms with van der Waals surface area (Å²) < 4.78 is 13.7. The van der Waals surface area contributed by atoms with E-state index in [9.17, 15) is 14.0 Å². The van der Waals surface area contributed by atoms with E-state index in [0.29, 0.717) is 22.7 Å². The number of hydrogen-bond donors (Lipinski definition) is 2. The van der Waals surface area contributed by atoms with Crippen LogP contribution < -0.4 is 10.6 Å². The molecule has 1 heterocycles. The lowest BCUT2D eigenvalue weighted by Gasteiger charge is -2.00. The summed E-state index contributed by atoms with van der Waals surface area (Å²) in [5, 5.41) is 5.70. The van der Waals surface area contributed by atoms with Gasteiger partial charge in [-0.15, -0.1) is 11.3 Å². The van der Waals surface area contributed by atoms with Crippen LogP contribution in [-0.2, 0) is 11.2 Å². The molecule has 0 aliphatic carbocycles. The highest BCUT2D eigenvalue weighted by Crippen LogP contribution is 2.22. The molecule has 0 saturated carbocycles. The van der Waals surface area contributed by atoms with Crippen LogP contribution in [0.25, 0.3) is 6.08 Å². The maximum Gasteiger partial charge on any atom is 0.251 e. The number of benzene rings is 2. The van der Waals surface area contributed by atoms with Crippen LogP contribution in [-0.4, -0.2) is 23.8 Å². The SMILES string of the molecule is CNC(=O)c1ccc(/C=C/C(=O)Nc2ncc(Cc3ccccc3F)s2)cc1. The van der Waals surface area contributed by atoms with Crippen LogP contribution in [0.3, 0.4) is 0 Å². The predicted molar refractivity (Wildman–Crippen MR) is 109 cm³/mol. The number of carbonyl (C=O) groups is 2. The molecule has 0 spiro atoms. The second-order valence-corrected chi connectivity index (χ2v) is 7.04. The van der Waals surface area contributed by atoms with Crippen LogP contribution in [0.5, 0.6) is 0 Å². The van der Waals surface area contributed by atoms with Gasteiger partial charge >= 0.3 is 0 Å². The van der Waals surface area contributed by atoms with E-state index in [-0.39, 0.29) is 17.6 Å². The van der Waals surface area contributed by atoms with Gasteiger partial charge in [-0.25, -0.2) is 9.37 Å². The molecule has 2 amide bonds. The van der Waals surface area contributed by atoms with E-state index in [1.54, 1.807) is 61.8 Å². The van der Waals surface area contributed by atoms with Crippen molar-refractivity contribution >= 4 is 34.4 Å². The summed E-state index contributed by atoms with van der Waals surface area (Å²) >= 11 is 1.31. The molecule has 0 saturated heterocycles. The third kappa shape index (κ3) is 5.11. The van der Waals surface area contributed by atoms with Crippen LogP contribution in [0.4, 0.5) is 9.52 Å². The van der Waals surface area contributed by atoms with Crippen molar-refractivity contribution in [2.24, 2.45) is 0 Å². The molecule has 0 aliphatic rings. The van der Waals surface area contributed by atoms with Crippen molar-refractivity contribution in [2.75, 3.05) is 12.4 Å². The summed E-state index contributed by atoms with van der Waals surface area (Å²) in [6.45, 7) is 0. The zero-order valence-corrected chi connectivity index (χ0v) is 15.9. The molecule has 7 heteroatoms. The lowest BCUT2D eigenvalue weighted by molar-refractivity contribution is -0.111. The Morgan fingerprint density at radius 3 is 2.61 bits per heavy atom. The molecule has 0 aliphatic heterocycles. The first-order valence-electron chi connectivity index (χ1n) is 8.54. The number of nitrogens with one attached hydrogen (secondary N) is 2. The number of amides is 2. The molecule has 2 aromatic carbocycles. The highest BCUT2D eigenvalue weighted by atomic mass is 32.1.